The molecule has 1 N–H and O–H groups in total. The van der Waals surface area contributed by atoms with Crippen LogP contribution in [0.25, 0.3) is 50.2 Å². The maximum absolute atomic E-state index is 12.8. The van der Waals surface area contributed by atoms with Crippen molar-refractivity contribution in [2.24, 2.45) is 0 Å². The van der Waals surface area contributed by atoms with Gasteiger partial charge in [0.15, 0.2) is 5.65 Å². The van der Waals surface area contributed by atoms with Crippen LogP contribution in [-0.2, 0) is 10.0 Å². The van der Waals surface area contributed by atoms with Crippen molar-refractivity contribution in [1.29, 1.82) is 0 Å². The van der Waals surface area contributed by atoms with E-state index in [0.717, 1.165) is 39.0 Å². The minimum atomic E-state index is -3.60. The van der Waals surface area contributed by atoms with E-state index >= 15 is 0 Å². The van der Waals surface area contributed by atoms with Crippen LogP contribution in [0.5, 0.6) is 0 Å². The van der Waals surface area contributed by atoms with Crippen LogP contribution >= 0.6 is 0 Å². The largest absolute Gasteiger partial charge is 0.278 e. The van der Waals surface area contributed by atoms with Crippen molar-refractivity contribution < 1.29 is 8.42 Å². The molecule has 36 heavy (non-hydrogen) atoms. The molecule has 4 heterocycles. The number of aromatic nitrogens is 6. The standard InChI is InChI=1S/C26H21N7O2S/c1-32(2)36(34,35)19-6-3-5-18(15-19)23-11-14-28-26-24(20-7-4-8-22-21(20)16-29-30-22)25(31-33(23)26)17-9-12-27-13-10-17/h3-16H,1-2H3,(H,29,30). The van der Waals surface area contributed by atoms with Gasteiger partial charge in [-0.25, -0.2) is 22.2 Å². The summed E-state index contributed by atoms with van der Waals surface area (Å²) in [6.45, 7) is 0. The lowest BCUT2D eigenvalue weighted by molar-refractivity contribution is 0.521. The summed E-state index contributed by atoms with van der Waals surface area (Å²) in [7, 11) is -0.561. The van der Waals surface area contributed by atoms with Crippen LogP contribution in [0.1, 0.15) is 0 Å². The molecule has 0 amide bonds. The second kappa shape index (κ2) is 8.36. The number of benzene rings is 2. The third-order valence-corrected chi connectivity index (χ3v) is 7.95. The molecule has 0 atom stereocenters. The van der Waals surface area contributed by atoms with Crippen LogP contribution in [0.3, 0.4) is 0 Å². The number of hydrogen-bond acceptors (Lipinski definition) is 6. The number of nitrogens with zero attached hydrogens (tertiary/aromatic N) is 6. The van der Waals surface area contributed by atoms with E-state index in [0.29, 0.717) is 11.2 Å². The Kier molecular flexibility index (Phi) is 5.13. The van der Waals surface area contributed by atoms with Gasteiger partial charge in [-0.1, -0.05) is 24.3 Å². The molecule has 0 aliphatic carbocycles. The maximum atomic E-state index is 12.8. The average molecular weight is 496 g/mol. The summed E-state index contributed by atoms with van der Waals surface area (Å²) >= 11 is 0. The van der Waals surface area contributed by atoms with E-state index in [1.54, 1.807) is 47.5 Å². The van der Waals surface area contributed by atoms with Gasteiger partial charge in [-0.05, 0) is 42.0 Å². The van der Waals surface area contributed by atoms with Crippen molar-refractivity contribution in [3.8, 4) is 33.6 Å². The number of fused-ring (bicyclic) bond motifs is 2. The van der Waals surface area contributed by atoms with Crippen LogP contribution in [0, 0.1) is 0 Å². The SMILES string of the molecule is CN(C)S(=O)(=O)c1cccc(-c2ccnc3c(-c4cccc5[nH]ncc45)c(-c4ccncc4)nn23)c1. The summed E-state index contributed by atoms with van der Waals surface area (Å²) in [5.74, 6) is 0. The summed E-state index contributed by atoms with van der Waals surface area (Å²) in [5, 5.41) is 13.2. The Hall–Kier alpha value is -4.41. The summed E-state index contributed by atoms with van der Waals surface area (Å²) in [4.78, 5) is 9.07. The second-order valence-corrected chi connectivity index (χ2v) is 10.6. The lowest BCUT2D eigenvalue weighted by Crippen LogP contribution is -2.22. The Labute approximate surface area is 207 Å². The molecule has 0 bridgehead atoms. The number of aromatic amines is 1. The highest BCUT2D eigenvalue weighted by Gasteiger charge is 2.23. The Bertz CT molecular complexity index is 1840. The molecule has 6 aromatic rings. The Morgan fingerprint density at radius 2 is 1.72 bits per heavy atom. The van der Waals surface area contributed by atoms with E-state index in [-0.39, 0.29) is 4.90 Å². The second-order valence-electron chi connectivity index (χ2n) is 8.48. The molecule has 0 radical (unpaired) electrons. The fraction of sp³-hybridized carbons (Fsp3) is 0.0769. The quantitative estimate of drug-likeness (QED) is 0.383. The van der Waals surface area contributed by atoms with Crippen LogP contribution in [0.15, 0.2) is 90.3 Å². The third-order valence-electron chi connectivity index (χ3n) is 6.13. The van der Waals surface area contributed by atoms with Gasteiger partial charge in [-0.15, -0.1) is 0 Å². The molecule has 0 saturated heterocycles. The normalized spacial score (nSPS) is 12.1. The summed E-state index contributed by atoms with van der Waals surface area (Å²) < 4.78 is 28.5. The molecule has 10 heteroatoms. The van der Waals surface area contributed by atoms with Gasteiger partial charge in [0, 0.05) is 49.2 Å². The van der Waals surface area contributed by atoms with E-state index in [2.05, 4.69) is 15.2 Å². The van der Waals surface area contributed by atoms with Crippen LogP contribution in [0.4, 0.5) is 0 Å². The van der Waals surface area contributed by atoms with E-state index in [1.165, 1.54) is 18.4 Å². The van der Waals surface area contributed by atoms with E-state index < -0.39 is 10.0 Å². The minimum Gasteiger partial charge on any atom is -0.278 e. The van der Waals surface area contributed by atoms with Crippen molar-refractivity contribution >= 4 is 26.6 Å². The Morgan fingerprint density at radius 1 is 0.917 bits per heavy atom. The van der Waals surface area contributed by atoms with Crippen molar-refractivity contribution in [2.75, 3.05) is 14.1 Å². The predicted octanol–water partition coefficient (Wildman–Crippen LogP) is 4.25. The number of rotatable bonds is 5. The molecule has 9 nitrogen and oxygen atoms in total. The molecule has 0 fully saturated rings. The topological polar surface area (TPSA) is 109 Å². The van der Waals surface area contributed by atoms with Gasteiger partial charge >= 0.3 is 0 Å². The molecule has 4 aromatic heterocycles. The van der Waals surface area contributed by atoms with Crippen LogP contribution in [0.2, 0.25) is 0 Å². The molecular formula is C26H21N7O2S. The molecule has 0 aliphatic rings. The Balaban J connectivity index is 1.66. The number of hydrogen-bond donors (Lipinski definition) is 1. The first-order chi connectivity index (χ1) is 17.4. The zero-order valence-corrected chi connectivity index (χ0v) is 20.3. The fourth-order valence-electron chi connectivity index (χ4n) is 4.34. The highest BCUT2D eigenvalue weighted by molar-refractivity contribution is 7.89. The minimum absolute atomic E-state index is 0.208. The van der Waals surface area contributed by atoms with Gasteiger partial charge in [0.05, 0.1) is 27.9 Å². The monoisotopic (exact) mass is 495 g/mol. The average Bonchev–Trinajstić information content (AvgIpc) is 3.54. The first-order valence-electron chi connectivity index (χ1n) is 11.2. The van der Waals surface area contributed by atoms with E-state index in [9.17, 15) is 8.42 Å². The van der Waals surface area contributed by atoms with Crippen molar-refractivity contribution in [2.45, 2.75) is 4.90 Å². The summed E-state index contributed by atoms with van der Waals surface area (Å²) in [5.41, 5.74) is 6.41. The van der Waals surface area contributed by atoms with E-state index in [1.807, 2.05) is 42.5 Å². The molecule has 0 saturated carbocycles. The summed E-state index contributed by atoms with van der Waals surface area (Å²) in [6.07, 6.45) is 6.97. The Morgan fingerprint density at radius 3 is 2.53 bits per heavy atom. The summed E-state index contributed by atoms with van der Waals surface area (Å²) in [6, 6.07) is 18.5. The lowest BCUT2D eigenvalue weighted by atomic mass is 9.99. The lowest BCUT2D eigenvalue weighted by Gasteiger charge is -2.12. The molecule has 178 valence electrons. The van der Waals surface area contributed by atoms with Gasteiger partial charge in [0.1, 0.15) is 5.69 Å². The smallest absolute Gasteiger partial charge is 0.242 e. The molecule has 0 aliphatic heterocycles. The van der Waals surface area contributed by atoms with Gasteiger partial charge in [0.25, 0.3) is 0 Å². The molecule has 0 unspecified atom stereocenters. The number of H-pyrrole nitrogens is 1. The maximum Gasteiger partial charge on any atom is 0.242 e. The first-order valence-corrected chi connectivity index (χ1v) is 12.6. The van der Waals surface area contributed by atoms with Crippen molar-refractivity contribution in [3.05, 3.63) is 85.5 Å². The molecule has 6 rings (SSSR count). The third kappa shape index (κ3) is 3.46. The zero-order chi connectivity index (χ0) is 24.9. The van der Waals surface area contributed by atoms with Gasteiger partial charge in [-0.2, -0.15) is 10.2 Å². The first kappa shape index (κ1) is 22.1. The molecular weight excluding hydrogens is 474 g/mol. The van der Waals surface area contributed by atoms with Crippen molar-refractivity contribution in [1.82, 2.24) is 34.1 Å². The number of nitrogens with one attached hydrogen (secondary N) is 1. The van der Waals surface area contributed by atoms with E-state index in [4.69, 9.17) is 10.1 Å². The van der Waals surface area contributed by atoms with Gasteiger partial charge < -0.3 is 0 Å². The highest BCUT2D eigenvalue weighted by Crippen LogP contribution is 2.39. The van der Waals surface area contributed by atoms with Crippen LogP contribution < -0.4 is 0 Å². The van der Waals surface area contributed by atoms with Gasteiger partial charge in [-0.3, -0.25) is 10.1 Å². The zero-order valence-electron chi connectivity index (χ0n) is 19.5. The van der Waals surface area contributed by atoms with Crippen molar-refractivity contribution in [3.63, 3.8) is 0 Å². The highest BCUT2D eigenvalue weighted by atomic mass is 32.2. The van der Waals surface area contributed by atoms with Gasteiger partial charge in [0.2, 0.25) is 10.0 Å². The number of sulfonamides is 1. The van der Waals surface area contributed by atoms with Crippen LogP contribution in [-0.4, -0.2) is 56.6 Å². The molecule has 0 spiro atoms. The molecule has 2 aromatic carbocycles. The predicted molar refractivity (Wildman–Crippen MR) is 138 cm³/mol. The fourth-order valence-corrected chi connectivity index (χ4v) is 5.28. The number of pyridine rings is 1.